The van der Waals surface area contributed by atoms with Gasteiger partial charge in [0.25, 0.3) is 0 Å². The lowest BCUT2D eigenvalue weighted by Crippen LogP contribution is -2.38. The van der Waals surface area contributed by atoms with Gasteiger partial charge in [0.2, 0.25) is 11.6 Å². The van der Waals surface area contributed by atoms with Crippen molar-refractivity contribution >= 4 is 11.6 Å². The fourth-order valence-corrected chi connectivity index (χ4v) is 1.97. The van der Waals surface area contributed by atoms with E-state index in [4.69, 9.17) is 0 Å². The number of carbonyl (C=O) groups is 2. The molecule has 0 heterocycles. The summed E-state index contributed by atoms with van der Waals surface area (Å²) in [4.78, 5) is 24.6. The maximum absolute atomic E-state index is 12.3. The van der Waals surface area contributed by atoms with E-state index < -0.39 is 0 Å². The molecule has 1 aliphatic carbocycles. The zero-order valence-corrected chi connectivity index (χ0v) is 11.2. The Morgan fingerprint density at radius 1 is 0.944 bits per heavy atom. The van der Waals surface area contributed by atoms with Crippen LogP contribution in [0, 0.1) is 0 Å². The van der Waals surface area contributed by atoms with Crippen LogP contribution in [0.5, 0.6) is 0 Å². The van der Waals surface area contributed by atoms with E-state index >= 15 is 0 Å². The van der Waals surface area contributed by atoms with E-state index in [0.29, 0.717) is 23.4 Å². The lowest BCUT2D eigenvalue weighted by molar-refractivity contribution is -0.117. The number of nitrogens with one attached hydrogen (secondary N) is 3. The molecule has 0 aromatic rings. The van der Waals surface area contributed by atoms with Gasteiger partial charge < -0.3 is 16.0 Å². The number of hydrogen-bond acceptors (Lipinski definition) is 5. The molecule has 18 heavy (non-hydrogen) atoms. The van der Waals surface area contributed by atoms with Crippen molar-refractivity contribution in [3.63, 3.8) is 0 Å². The van der Waals surface area contributed by atoms with E-state index in [-0.39, 0.29) is 17.3 Å². The highest BCUT2D eigenvalue weighted by Gasteiger charge is 2.33. The Morgan fingerprint density at radius 3 is 1.78 bits per heavy atom. The van der Waals surface area contributed by atoms with E-state index in [1.54, 1.807) is 21.1 Å². The van der Waals surface area contributed by atoms with Crippen LogP contribution in [0.4, 0.5) is 0 Å². The van der Waals surface area contributed by atoms with E-state index in [1.165, 1.54) is 0 Å². The summed E-state index contributed by atoms with van der Waals surface area (Å²) in [6, 6.07) is 0. The zero-order valence-electron chi connectivity index (χ0n) is 11.2. The van der Waals surface area contributed by atoms with Crippen LogP contribution in [0.2, 0.25) is 0 Å². The van der Waals surface area contributed by atoms with Crippen LogP contribution in [0.3, 0.4) is 0 Å². The fraction of sp³-hybridized carbons (Fsp3) is 0.385. The van der Waals surface area contributed by atoms with Gasteiger partial charge in [0.1, 0.15) is 11.4 Å². The summed E-state index contributed by atoms with van der Waals surface area (Å²) in [5, 5.41) is 8.38. The van der Waals surface area contributed by atoms with E-state index in [2.05, 4.69) is 22.5 Å². The summed E-state index contributed by atoms with van der Waals surface area (Å²) in [5.41, 5.74) is 2.22. The second-order valence-electron chi connectivity index (χ2n) is 4.15. The molecule has 0 amide bonds. The number of carbonyl (C=O) groups excluding carboxylic acids is 2. The molecule has 0 spiro atoms. The van der Waals surface area contributed by atoms with Crippen molar-refractivity contribution in [2.75, 3.05) is 21.1 Å². The first-order chi connectivity index (χ1) is 8.47. The van der Waals surface area contributed by atoms with Gasteiger partial charge in [0.15, 0.2) is 0 Å². The number of ketones is 2. The standard InChI is InChI=1S/C13H19N3O2/c1-7(2)6-8-9(14-3)13(18)11(16-5)10(15-4)12(8)17/h14-16H,1,6H2,2-5H3. The smallest absolute Gasteiger partial charge is 0.227 e. The van der Waals surface area contributed by atoms with Crippen LogP contribution in [-0.4, -0.2) is 32.7 Å². The molecule has 3 N–H and O–H groups in total. The van der Waals surface area contributed by atoms with Crippen molar-refractivity contribution in [2.45, 2.75) is 13.3 Å². The Balaban J connectivity index is 3.35. The van der Waals surface area contributed by atoms with Gasteiger partial charge in [-0.25, -0.2) is 0 Å². The van der Waals surface area contributed by atoms with Crippen molar-refractivity contribution in [1.82, 2.24) is 16.0 Å². The SMILES string of the molecule is C=C(C)CC1=C(NC)C(=O)C(NC)=C(NC)C1=O. The topological polar surface area (TPSA) is 70.2 Å². The van der Waals surface area contributed by atoms with Crippen LogP contribution in [0.15, 0.2) is 34.8 Å². The zero-order chi connectivity index (χ0) is 13.9. The highest BCUT2D eigenvalue weighted by molar-refractivity contribution is 6.24. The summed E-state index contributed by atoms with van der Waals surface area (Å²) in [6.45, 7) is 5.62. The molecule has 0 saturated carbocycles. The first-order valence-corrected chi connectivity index (χ1v) is 5.72. The molecule has 0 aromatic heterocycles. The summed E-state index contributed by atoms with van der Waals surface area (Å²) < 4.78 is 0. The Morgan fingerprint density at radius 2 is 1.39 bits per heavy atom. The maximum Gasteiger partial charge on any atom is 0.227 e. The van der Waals surface area contributed by atoms with Crippen molar-refractivity contribution in [3.05, 3.63) is 34.8 Å². The molecule has 0 atom stereocenters. The second kappa shape index (κ2) is 5.53. The summed E-state index contributed by atoms with van der Waals surface area (Å²) >= 11 is 0. The number of allylic oxidation sites excluding steroid dienone is 2. The third-order valence-corrected chi connectivity index (χ3v) is 2.74. The molecule has 1 aliphatic rings. The highest BCUT2D eigenvalue weighted by atomic mass is 16.1. The summed E-state index contributed by atoms with van der Waals surface area (Å²) in [5.74, 6) is -0.381. The lowest BCUT2D eigenvalue weighted by atomic mass is 9.90. The van der Waals surface area contributed by atoms with Crippen LogP contribution >= 0.6 is 0 Å². The number of Topliss-reactive ketones (excluding diaryl/α,β-unsaturated/α-hetero) is 2. The normalized spacial score (nSPS) is 16.0. The third kappa shape index (κ3) is 2.30. The van der Waals surface area contributed by atoms with Gasteiger partial charge >= 0.3 is 0 Å². The molecule has 0 unspecified atom stereocenters. The average Bonchev–Trinajstić information content (AvgIpc) is 2.32. The van der Waals surface area contributed by atoms with Gasteiger partial charge in [-0.3, -0.25) is 9.59 Å². The van der Waals surface area contributed by atoms with Gasteiger partial charge in [0.05, 0.1) is 5.70 Å². The Hall–Kier alpha value is -2.04. The summed E-state index contributed by atoms with van der Waals surface area (Å²) in [7, 11) is 4.88. The molecule has 5 heteroatoms. The molecule has 0 aliphatic heterocycles. The van der Waals surface area contributed by atoms with Crippen molar-refractivity contribution in [2.24, 2.45) is 0 Å². The van der Waals surface area contributed by atoms with Crippen LogP contribution in [0.1, 0.15) is 13.3 Å². The van der Waals surface area contributed by atoms with E-state index in [9.17, 15) is 9.59 Å². The third-order valence-electron chi connectivity index (χ3n) is 2.74. The van der Waals surface area contributed by atoms with Crippen molar-refractivity contribution in [1.29, 1.82) is 0 Å². The molecule has 0 aromatic carbocycles. The monoisotopic (exact) mass is 249 g/mol. The molecule has 98 valence electrons. The minimum absolute atomic E-state index is 0.172. The minimum Gasteiger partial charge on any atom is -0.385 e. The number of rotatable bonds is 5. The predicted molar refractivity (Wildman–Crippen MR) is 70.7 cm³/mol. The molecule has 0 radical (unpaired) electrons. The molecule has 0 saturated heterocycles. The number of hydrogen-bond donors (Lipinski definition) is 3. The van der Waals surface area contributed by atoms with Crippen LogP contribution in [0.25, 0.3) is 0 Å². The van der Waals surface area contributed by atoms with E-state index in [0.717, 1.165) is 5.57 Å². The fourth-order valence-electron chi connectivity index (χ4n) is 1.97. The highest BCUT2D eigenvalue weighted by Crippen LogP contribution is 2.24. The Bertz CT molecular complexity index is 473. The minimum atomic E-state index is -0.208. The summed E-state index contributed by atoms with van der Waals surface area (Å²) in [6.07, 6.45) is 0.392. The molecular formula is C13H19N3O2. The lowest BCUT2D eigenvalue weighted by Gasteiger charge is -2.23. The number of likely N-dealkylation sites (N-methyl/N-ethyl adjacent to an activating group) is 3. The van der Waals surface area contributed by atoms with Gasteiger partial charge in [0, 0.05) is 26.7 Å². The van der Waals surface area contributed by atoms with Crippen molar-refractivity contribution in [3.8, 4) is 0 Å². The molecular weight excluding hydrogens is 230 g/mol. The quantitative estimate of drug-likeness (QED) is 0.480. The Labute approximate surface area is 107 Å². The van der Waals surface area contributed by atoms with Gasteiger partial charge in [-0.1, -0.05) is 12.2 Å². The van der Waals surface area contributed by atoms with Gasteiger partial charge in [-0.2, -0.15) is 0 Å². The molecule has 5 nitrogen and oxygen atoms in total. The van der Waals surface area contributed by atoms with Gasteiger partial charge in [-0.15, -0.1) is 0 Å². The van der Waals surface area contributed by atoms with Gasteiger partial charge in [-0.05, 0) is 13.3 Å². The molecule has 0 bridgehead atoms. The first-order valence-electron chi connectivity index (χ1n) is 5.72. The first kappa shape index (κ1) is 14.0. The molecule has 0 fully saturated rings. The second-order valence-corrected chi connectivity index (χ2v) is 4.15. The molecule has 1 rings (SSSR count). The van der Waals surface area contributed by atoms with E-state index in [1.807, 2.05) is 6.92 Å². The average molecular weight is 249 g/mol. The van der Waals surface area contributed by atoms with Crippen LogP contribution in [-0.2, 0) is 9.59 Å². The van der Waals surface area contributed by atoms with Crippen LogP contribution < -0.4 is 16.0 Å². The largest absolute Gasteiger partial charge is 0.385 e. The predicted octanol–water partition coefficient (Wildman–Crippen LogP) is 0.228. The maximum atomic E-state index is 12.3. The Kier molecular flexibility index (Phi) is 4.31. The van der Waals surface area contributed by atoms with Crippen molar-refractivity contribution < 1.29 is 9.59 Å².